The molecule has 0 aliphatic carbocycles. The summed E-state index contributed by atoms with van der Waals surface area (Å²) >= 11 is 6.41. The monoisotopic (exact) mass is 498 g/mol. The van der Waals surface area contributed by atoms with Crippen LogP contribution in [0, 0.1) is 0 Å². The van der Waals surface area contributed by atoms with E-state index in [1.54, 1.807) is 6.26 Å². The van der Waals surface area contributed by atoms with Gasteiger partial charge in [-0.3, -0.25) is 4.90 Å². The number of furan rings is 1. The Hall–Kier alpha value is -3.04. The highest BCUT2D eigenvalue weighted by Crippen LogP contribution is 2.33. The maximum atomic E-state index is 10.7. The van der Waals surface area contributed by atoms with Gasteiger partial charge in [0, 0.05) is 36.6 Å². The first-order valence-electron chi connectivity index (χ1n) is 11.5. The molecule has 2 aromatic carbocycles. The van der Waals surface area contributed by atoms with Gasteiger partial charge >= 0.3 is 0 Å². The summed E-state index contributed by atoms with van der Waals surface area (Å²) in [6.07, 6.45) is 1.39. The number of oxime groups is 1. The number of rotatable bonds is 11. The molecule has 2 atom stereocenters. The Bertz CT molecular complexity index is 1150. The fourth-order valence-corrected chi connectivity index (χ4v) is 4.37. The van der Waals surface area contributed by atoms with E-state index < -0.39 is 6.10 Å². The third kappa shape index (κ3) is 6.15. The highest BCUT2D eigenvalue weighted by atomic mass is 35.5. The Morgan fingerprint density at radius 2 is 2.00 bits per heavy atom. The van der Waals surface area contributed by atoms with Crippen LogP contribution in [-0.2, 0) is 22.7 Å². The van der Waals surface area contributed by atoms with Gasteiger partial charge < -0.3 is 28.6 Å². The van der Waals surface area contributed by atoms with Gasteiger partial charge in [0.05, 0.1) is 24.7 Å². The van der Waals surface area contributed by atoms with Crippen LogP contribution in [0.3, 0.4) is 0 Å². The number of benzene rings is 2. The normalized spacial score (nSPS) is 17.5. The molecule has 1 aromatic heterocycles. The molecule has 9 heteroatoms. The van der Waals surface area contributed by atoms with Gasteiger partial charge in [-0.15, -0.1) is 0 Å². The number of fused-ring (bicyclic) bond motifs is 1. The van der Waals surface area contributed by atoms with Crippen molar-refractivity contribution in [3.63, 3.8) is 0 Å². The molecule has 0 saturated carbocycles. The molecular formula is C26H27ClN2O6. The first-order valence-corrected chi connectivity index (χ1v) is 11.9. The van der Waals surface area contributed by atoms with E-state index in [9.17, 15) is 5.11 Å². The molecule has 5 rings (SSSR count). The van der Waals surface area contributed by atoms with Crippen LogP contribution in [0.1, 0.15) is 23.3 Å². The Kier molecular flexibility index (Phi) is 7.54. The van der Waals surface area contributed by atoms with Crippen LogP contribution in [0.2, 0.25) is 5.02 Å². The zero-order chi connectivity index (χ0) is 24.0. The van der Waals surface area contributed by atoms with E-state index in [1.165, 1.54) is 0 Å². The molecule has 0 saturated heterocycles. The minimum Gasteiger partial charge on any atom is -0.467 e. The molecule has 2 aliphatic heterocycles. The number of hydrogen-bond donors (Lipinski definition) is 1. The minimum atomic E-state index is -0.692. The third-order valence-corrected chi connectivity index (χ3v) is 6.22. The van der Waals surface area contributed by atoms with Gasteiger partial charge in [-0.1, -0.05) is 35.0 Å². The van der Waals surface area contributed by atoms with Crippen LogP contribution < -0.4 is 9.47 Å². The van der Waals surface area contributed by atoms with Crippen molar-refractivity contribution in [3.05, 3.63) is 82.8 Å². The second kappa shape index (κ2) is 11.1. The SMILES string of the molecule is OC(COCc1ccco1)CN(Cc1ccccc1Cl)CC1CC(c2ccc3c(c2)OCO3)=NO1. The van der Waals surface area contributed by atoms with Gasteiger partial charge in [0.2, 0.25) is 6.79 Å². The van der Waals surface area contributed by atoms with Gasteiger partial charge in [0.15, 0.2) is 11.5 Å². The molecule has 2 unspecified atom stereocenters. The lowest BCUT2D eigenvalue weighted by Crippen LogP contribution is -2.39. The molecule has 0 spiro atoms. The summed E-state index contributed by atoms with van der Waals surface area (Å²) in [5, 5.41) is 15.7. The molecular weight excluding hydrogens is 472 g/mol. The number of aliphatic hydroxyl groups is 1. The molecule has 184 valence electrons. The molecule has 0 bridgehead atoms. The van der Waals surface area contributed by atoms with Crippen molar-refractivity contribution >= 4 is 17.3 Å². The van der Waals surface area contributed by atoms with Gasteiger partial charge in [-0.25, -0.2) is 0 Å². The summed E-state index contributed by atoms with van der Waals surface area (Å²) in [7, 11) is 0. The van der Waals surface area contributed by atoms with Crippen molar-refractivity contribution in [2.24, 2.45) is 5.16 Å². The lowest BCUT2D eigenvalue weighted by Gasteiger charge is -2.27. The van der Waals surface area contributed by atoms with Gasteiger partial charge in [0.1, 0.15) is 18.5 Å². The Balaban J connectivity index is 1.19. The maximum Gasteiger partial charge on any atom is 0.231 e. The highest BCUT2D eigenvalue weighted by molar-refractivity contribution is 6.31. The second-order valence-electron chi connectivity index (χ2n) is 8.57. The number of aliphatic hydroxyl groups excluding tert-OH is 1. The number of hydrogen-bond acceptors (Lipinski definition) is 8. The fourth-order valence-electron chi connectivity index (χ4n) is 4.17. The smallest absolute Gasteiger partial charge is 0.231 e. The predicted octanol–water partition coefficient (Wildman–Crippen LogP) is 4.23. The molecule has 0 fully saturated rings. The predicted molar refractivity (Wildman–Crippen MR) is 130 cm³/mol. The second-order valence-corrected chi connectivity index (χ2v) is 8.98. The average molecular weight is 499 g/mol. The summed E-state index contributed by atoms with van der Waals surface area (Å²) in [5.41, 5.74) is 2.78. The first kappa shape index (κ1) is 23.7. The van der Waals surface area contributed by atoms with Crippen LogP contribution in [0.15, 0.2) is 70.4 Å². The summed E-state index contributed by atoms with van der Waals surface area (Å²) in [6.45, 7) is 2.25. The number of ether oxygens (including phenoxy) is 3. The van der Waals surface area contributed by atoms with Crippen molar-refractivity contribution in [2.45, 2.75) is 31.8 Å². The Morgan fingerprint density at radius 3 is 2.86 bits per heavy atom. The van der Waals surface area contributed by atoms with Crippen molar-refractivity contribution in [1.29, 1.82) is 0 Å². The van der Waals surface area contributed by atoms with E-state index in [-0.39, 0.29) is 19.5 Å². The number of halogens is 1. The van der Waals surface area contributed by atoms with E-state index in [4.69, 9.17) is 35.1 Å². The number of nitrogens with zero attached hydrogens (tertiary/aromatic N) is 2. The van der Waals surface area contributed by atoms with E-state index in [1.807, 2.05) is 54.6 Å². The molecule has 3 heterocycles. The van der Waals surface area contributed by atoms with Gasteiger partial charge in [-0.05, 0) is 42.0 Å². The van der Waals surface area contributed by atoms with E-state index in [0.717, 1.165) is 28.3 Å². The Morgan fingerprint density at radius 1 is 1.11 bits per heavy atom. The quantitative estimate of drug-likeness (QED) is 0.423. The average Bonchev–Trinajstić information content (AvgIpc) is 3.62. The van der Waals surface area contributed by atoms with E-state index in [2.05, 4.69) is 10.1 Å². The molecule has 1 N–H and O–H groups in total. The molecule has 3 aromatic rings. The summed E-state index contributed by atoms with van der Waals surface area (Å²) in [6, 6.07) is 17.1. The summed E-state index contributed by atoms with van der Waals surface area (Å²) in [4.78, 5) is 7.88. The Labute approximate surface area is 208 Å². The van der Waals surface area contributed by atoms with Crippen molar-refractivity contribution in [2.75, 3.05) is 26.5 Å². The van der Waals surface area contributed by atoms with Crippen molar-refractivity contribution in [3.8, 4) is 11.5 Å². The summed E-state index contributed by atoms with van der Waals surface area (Å²) < 4.78 is 21.8. The van der Waals surface area contributed by atoms with Gasteiger partial charge in [-0.2, -0.15) is 0 Å². The molecule has 35 heavy (non-hydrogen) atoms. The molecule has 0 radical (unpaired) electrons. The zero-order valence-corrected chi connectivity index (χ0v) is 19.9. The van der Waals surface area contributed by atoms with Crippen molar-refractivity contribution in [1.82, 2.24) is 4.90 Å². The van der Waals surface area contributed by atoms with E-state index >= 15 is 0 Å². The lowest BCUT2D eigenvalue weighted by molar-refractivity contribution is -0.00955. The third-order valence-electron chi connectivity index (χ3n) is 5.86. The standard InChI is InChI=1S/C26H27ClN2O6/c27-23-6-2-1-4-19(23)12-29(13-20(30)15-31-16-21-5-3-9-32-21)14-22-11-24(28-35-22)18-7-8-25-26(10-18)34-17-33-25/h1-10,20,22,30H,11-17H2. The topological polar surface area (TPSA) is 85.9 Å². The fraction of sp³-hybridized carbons (Fsp3) is 0.346. The van der Waals surface area contributed by atoms with Crippen LogP contribution >= 0.6 is 11.6 Å². The van der Waals surface area contributed by atoms with E-state index in [0.29, 0.717) is 43.4 Å². The molecule has 2 aliphatic rings. The highest BCUT2D eigenvalue weighted by Gasteiger charge is 2.27. The zero-order valence-electron chi connectivity index (χ0n) is 19.1. The van der Waals surface area contributed by atoms with Crippen LogP contribution in [-0.4, -0.2) is 54.4 Å². The lowest BCUT2D eigenvalue weighted by atomic mass is 10.0. The van der Waals surface area contributed by atoms with Crippen LogP contribution in [0.5, 0.6) is 11.5 Å². The maximum absolute atomic E-state index is 10.7. The largest absolute Gasteiger partial charge is 0.467 e. The molecule has 0 amide bonds. The van der Waals surface area contributed by atoms with Gasteiger partial charge in [0.25, 0.3) is 0 Å². The summed E-state index contributed by atoms with van der Waals surface area (Å²) in [5.74, 6) is 2.17. The van der Waals surface area contributed by atoms with Crippen LogP contribution in [0.4, 0.5) is 0 Å². The van der Waals surface area contributed by atoms with Crippen LogP contribution in [0.25, 0.3) is 0 Å². The molecule has 8 nitrogen and oxygen atoms in total. The minimum absolute atomic E-state index is 0.158. The first-order chi connectivity index (χ1) is 17.1. The van der Waals surface area contributed by atoms with Crippen molar-refractivity contribution < 1.29 is 28.6 Å².